The van der Waals surface area contributed by atoms with Crippen molar-refractivity contribution in [3.05, 3.63) is 59.2 Å². The van der Waals surface area contributed by atoms with Gasteiger partial charge in [0.1, 0.15) is 5.75 Å². The molecular weight excluding hydrogens is 399 g/mol. The maximum Gasteiger partial charge on any atom is 0.416 e. The first-order chi connectivity index (χ1) is 13.1. The lowest BCUT2D eigenvalue weighted by atomic mass is 9.97. The van der Waals surface area contributed by atoms with Crippen molar-refractivity contribution in [1.29, 1.82) is 0 Å². The minimum atomic E-state index is -4.56. The minimum absolute atomic E-state index is 0.170. The maximum atomic E-state index is 12.7. The van der Waals surface area contributed by atoms with Crippen LogP contribution in [0.25, 0.3) is 0 Å². The summed E-state index contributed by atoms with van der Waals surface area (Å²) in [5.74, 6) is -0.735. The van der Waals surface area contributed by atoms with Crippen LogP contribution in [0.2, 0.25) is 0 Å². The lowest BCUT2D eigenvalue weighted by molar-refractivity contribution is -0.138. The Morgan fingerprint density at radius 2 is 1.86 bits per heavy atom. The van der Waals surface area contributed by atoms with Gasteiger partial charge < -0.3 is 9.84 Å². The Bertz CT molecular complexity index is 987. The molecule has 1 heterocycles. The van der Waals surface area contributed by atoms with Crippen molar-refractivity contribution in [2.75, 3.05) is 6.61 Å². The normalized spacial score (nSPS) is 16.9. The summed E-state index contributed by atoms with van der Waals surface area (Å²) in [6, 6.07) is 7.32. The summed E-state index contributed by atoms with van der Waals surface area (Å²) in [6.45, 7) is 0.170. The van der Waals surface area contributed by atoms with Gasteiger partial charge in [-0.25, -0.2) is 13.1 Å². The predicted molar refractivity (Wildman–Crippen MR) is 92.4 cm³/mol. The number of hydrogen-bond donors (Lipinski definition) is 2. The second-order valence-electron chi connectivity index (χ2n) is 6.24. The predicted octanol–water partition coefficient (Wildman–Crippen LogP) is 3.13. The van der Waals surface area contributed by atoms with Gasteiger partial charge in [0, 0.05) is 17.5 Å². The SMILES string of the molecule is O=C(O)Cc1cccc2c1OCCC2NS(=O)(=O)c1ccc(C(F)(F)F)cc1. The van der Waals surface area contributed by atoms with E-state index in [2.05, 4.69) is 4.72 Å². The lowest BCUT2D eigenvalue weighted by Crippen LogP contribution is -2.32. The fourth-order valence-corrected chi connectivity index (χ4v) is 4.24. The second kappa shape index (κ2) is 7.44. The van der Waals surface area contributed by atoms with E-state index >= 15 is 0 Å². The smallest absolute Gasteiger partial charge is 0.416 e. The first-order valence-corrected chi connectivity index (χ1v) is 9.72. The van der Waals surface area contributed by atoms with Gasteiger partial charge in [-0.1, -0.05) is 18.2 Å². The first-order valence-electron chi connectivity index (χ1n) is 8.24. The topological polar surface area (TPSA) is 92.7 Å². The molecule has 0 aromatic heterocycles. The van der Waals surface area contributed by atoms with Gasteiger partial charge in [-0.05, 0) is 24.3 Å². The van der Waals surface area contributed by atoms with Crippen molar-refractivity contribution in [3.8, 4) is 5.75 Å². The van der Waals surface area contributed by atoms with Crippen LogP contribution in [0.5, 0.6) is 5.75 Å². The number of rotatable bonds is 5. The van der Waals surface area contributed by atoms with Gasteiger partial charge in [0.05, 0.1) is 29.5 Å². The van der Waals surface area contributed by atoms with Crippen LogP contribution < -0.4 is 9.46 Å². The molecule has 150 valence electrons. The summed E-state index contributed by atoms with van der Waals surface area (Å²) in [6.07, 6.45) is -4.54. The Morgan fingerprint density at radius 3 is 2.46 bits per heavy atom. The molecular formula is C18H16F3NO5S. The molecule has 1 aliphatic heterocycles. The summed E-state index contributed by atoms with van der Waals surface area (Å²) in [5, 5.41) is 9.00. The fraction of sp³-hybridized carbons (Fsp3) is 0.278. The number of carboxylic acids is 1. The molecule has 0 fully saturated rings. The molecule has 3 rings (SSSR count). The molecule has 0 aliphatic carbocycles. The van der Waals surface area contributed by atoms with Crippen LogP contribution in [0.1, 0.15) is 29.2 Å². The van der Waals surface area contributed by atoms with Crippen LogP contribution in [0.15, 0.2) is 47.4 Å². The molecule has 0 saturated carbocycles. The summed E-state index contributed by atoms with van der Waals surface area (Å²) in [7, 11) is -4.09. The van der Waals surface area contributed by atoms with E-state index in [9.17, 15) is 26.4 Å². The van der Waals surface area contributed by atoms with Crippen molar-refractivity contribution in [3.63, 3.8) is 0 Å². The zero-order valence-corrected chi connectivity index (χ0v) is 15.2. The molecule has 0 amide bonds. The zero-order valence-electron chi connectivity index (χ0n) is 14.4. The van der Waals surface area contributed by atoms with Crippen LogP contribution in [-0.2, 0) is 27.4 Å². The molecule has 1 unspecified atom stereocenters. The van der Waals surface area contributed by atoms with E-state index in [1.54, 1.807) is 18.2 Å². The Hall–Kier alpha value is -2.59. The van der Waals surface area contributed by atoms with Crippen molar-refractivity contribution in [2.45, 2.75) is 30.0 Å². The number of halogens is 3. The Balaban J connectivity index is 1.87. The summed E-state index contributed by atoms with van der Waals surface area (Å²) >= 11 is 0. The third-order valence-corrected chi connectivity index (χ3v) is 5.77. The van der Waals surface area contributed by atoms with Gasteiger partial charge in [-0.3, -0.25) is 4.79 Å². The molecule has 1 aliphatic rings. The largest absolute Gasteiger partial charge is 0.493 e. The van der Waals surface area contributed by atoms with Crippen molar-refractivity contribution < 1.29 is 36.2 Å². The van der Waals surface area contributed by atoms with E-state index in [0.717, 1.165) is 12.1 Å². The highest BCUT2D eigenvalue weighted by atomic mass is 32.2. The van der Waals surface area contributed by atoms with Gasteiger partial charge in [-0.15, -0.1) is 0 Å². The van der Waals surface area contributed by atoms with E-state index in [1.165, 1.54) is 0 Å². The monoisotopic (exact) mass is 415 g/mol. The highest BCUT2D eigenvalue weighted by Gasteiger charge is 2.32. The number of sulfonamides is 1. The average Bonchev–Trinajstić information content (AvgIpc) is 2.61. The lowest BCUT2D eigenvalue weighted by Gasteiger charge is -2.28. The quantitative estimate of drug-likeness (QED) is 0.783. The first kappa shape index (κ1) is 20.2. The Kier molecular flexibility index (Phi) is 5.35. The van der Waals surface area contributed by atoms with Crippen molar-refractivity contribution >= 4 is 16.0 Å². The Morgan fingerprint density at radius 1 is 1.18 bits per heavy atom. The number of carboxylic acid groups (broad SMARTS) is 1. The zero-order chi connectivity index (χ0) is 20.5. The van der Waals surface area contributed by atoms with Crippen LogP contribution in [0.3, 0.4) is 0 Å². The fourth-order valence-electron chi connectivity index (χ4n) is 2.99. The molecule has 28 heavy (non-hydrogen) atoms. The third kappa shape index (κ3) is 4.28. The van der Waals surface area contributed by atoms with E-state index in [0.29, 0.717) is 35.4 Å². The standard InChI is InChI=1S/C18H16F3NO5S/c19-18(20,21)12-4-6-13(7-5-12)28(25,26)22-15-8-9-27-17-11(10-16(23)24)2-1-3-14(15)17/h1-7,15,22H,8-10H2,(H,23,24). The summed E-state index contributed by atoms with van der Waals surface area (Å²) < 4.78 is 71.2. The van der Waals surface area contributed by atoms with Gasteiger partial charge >= 0.3 is 12.1 Å². The molecule has 10 heteroatoms. The molecule has 2 N–H and O–H groups in total. The number of nitrogens with one attached hydrogen (secondary N) is 1. The number of hydrogen-bond acceptors (Lipinski definition) is 4. The van der Waals surface area contributed by atoms with E-state index < -0.39 is 33.8 Å². The molecule has 1 atom stereocenters. The number of para-hydroxylation sites is 1. The van der Waals surface area contributed by atoms with Gasteiger partial charge in [0.15, 0.2) is 0 Å². The summed E-state index contributed by atoms with van der Waals surface area (Å²) in [4.78, 5) is 10.7. The molecule has 6 nitrogen and oxygen atoms in total. The van der Waals surface area contributed by atoms with E-state index in [-0.39, 0.29) is 17.9 Å². The maximum absolute atomic E-state index is 12.7. The van der Waals surface area contributed by atoms with Crippen LogP contribution in [0, 0.1) is 0 Å². The average molecular weight is 415 g/mol. The Labute approximate surface area is 159 Å². The molecule has 2 aromatic carbocycles. The number of ether oxygens (including phenoxy) is 1. The second-order valence-corrected chi connectivity index (χ2v) is 7.95. The van der Waals surface area contributed by atoms with Crippen LogP contribution >= 0.6 is 0 Å². The van der Waals surface area contributed by atoms with E-state index in [4.69, 9.17) is 9.84 Å². The molecule has 2 aromatic rings. The number of alkyl halides is 3. The molecule has 0 radical (unpaired) electrons. The number of fused-ring (bicyclic) bond motifs is 1. The van der Waals surface area contributed by atoms with Gasteiger partial charge in [-0.2, -0.15) is 13.2 Å². The highest BCUT2D eigenvalue weighted by Crippen LogP contribution is 2.36. The van der Waals surface area contributed by atoms with Crippen LogP contribution in [0.4, 0.5) is 13.2 Å². The van der Waals surface area contributed by atoms with E-state index in [1.807, 2.05) is 0 Å². The molecule has 0 bridgehead atoms. The van der Waals surface area contributed by atoms with Crippen molar-refractivity contribution in [1.82, 2.24) is 4.72 Å². The van der Waals surface area contributed by atoms with Crippen molar-refractivity contribution in [2.24, 2.45) is 0 Å². The minimum Gasteiger partial charge on any atom is -0.493 e. The van der Waals surface area contributed by atoms with Crippen LogP contribution in [-0.4, -0.2) is 26.1 Å². The third-order valence-electron chi connectivity index (χ3n) is 4.29. The van der Waals surface area contributed by atoms with Gasteiger partial charge in [0.2, 0.25) is 10.0 Å². The molecule has 0 saturated heterocycles. The number of carbonyl (C=O) groups is 1. The summed E-state index contributed by atoms with van der Waals surface area (Å²) in [5.41, 5.74) is -0.0370. The highest BCUT2D eigenvalue weighted by molar-refractivity contribution is 7.89. The van der Waals surface area contributed by atoms with Gasteiger partial charge in [0.25, 0.3) is 0 Å². The molecule has 0 spiro atoms. The number of benzene rings is 2. The number of aliphatic carboxylic acids is 1.